The summed E-state index contributed by atoms with van der Waals surface area (Å²) in [4.78, 5) is 6.26. The largest absolute Gasteiger partial charge is 0.458 e. The highest BCUT2D eigenvalue weighted by Crippen LogP contribution is 2.35. The van der Waals surface area contributed by atoms with Gasteiger partial charge >= 0.3 is 0 Å². The molecule has 0 radical (unpaired) electrons. The van der Waals surface area contributed by atoms with E-state index in [0.29, 0.717) is 10.7 Å². The van der Waals surface area contributed by atoms with Crippen molar-refractivity contribution in [3.63, 3.8) is 0 Å². The molecule has 7 heteroatoms. The van der Waals surface area contributed by atoms with Crippen molar-refractivity contribution in [1.82, 2.24) is 10.2 Å². The zero-order chi connectivity index (χ0) is 16.4. The van der Waals surface area contributed by atoms with Gasteiger partial charge in [-0.25, -0.2) is 9.38 Å². The lowest BCUT2D eigenvalue weighted by atomic mass is 10.1. The van der Waals surface area contributed by atoms with E-state index in [1.807, 2.05) is 4.90 Å². The number of benzene rings is 1. The summed E-state index contributed by atoms with van der Waals surface area (Å²) < 4.78 is 18.7. The van der Waals surface area contributed by atoms with Gasteiger partial charge in [0.15, 0.2) is 0 Å². The van der Waals surface area contributed by atoms with Crippen molar-refractivity contribution in [3.05, 3.63) is 65.6 Å². The van der Waals surface area contributed by atoms with E-state index < -0.39 is 0 Å². The number of nitrogens with one attached hydrogen (secondary N) is 2. The van der Waals surface area contributed by atoms with Crippen LogP contribution in [0, 0.1) is 11.2 Å². The Labute approximate surface area is 138 Å². The molecule has 1 aromatic rings. The molecule has 0 aromatic heterocycles. The van der Waals surface area contributed by atoms with E-state index in [-0.39, 0.29) is 12.2 Å². The molecule has 1 aromatic carbocycles. The maximum Gasteiger partial charge on any atom is 0.254 e. The van der Waals surface area contributed by atoms with E-state index in [1.54, 1.807) is 37.6 Å². The second-order valence-corrected chi connectivity index (χ2v) is 5.58. The van der Waals surface area contributed by atoms with Crippen LogP contribution in [0.3, 0.4) is 0 Å². The Morgan fingerprint density at radius 1 is 1.43 bits per heavy atom. The van der Waals surface area contributed by atoms with E-state index in [0.717, 1.165) is 17.0 Å². The SMILES string of the molecule is C/C(S)=N\C(=C/C=N)C1=C(c2ccc(F)cc2)NC2OC=CN12. The van der Waals surface area contributed by atoms with E-state index in [2.05, 4.69) is 22.9 Å². The van der Waals surface area contributed by atoms with Crippen molar-refractivity contribution in [2.45, 2.75) is 13.3 Å². The lowest BCUT2D eigenvalue weighted by Gasteiger charge is -2.18. The number of thiol groups is 1. The summed E-state index contributed by atoms with van der Waals surface area (Å²) in [6.45, 7) is 1.76. The predicted octanol–water partition coefficient (Wildman–Crippen LogP) is 3.07. The third-order valence-corrected chi connectivity index (χ3v) is 3.44. The van der Waals surface area contributed by atoms with E-state index in [1.165, 1.54) is 18.3 Å². The molecule has 2 aliphatic heterocycles. The van der Waals surface area contributed by atoms with Gasteiger partial charge < -0.3 is 15.5 Å². The van der Waals surface area contributed by atoms with Crippen LogP contribution in [0.15, 0.2) is 59.2 Å². The summed E-state index contributed by atoms with van der Waals surface area (Å²) in [6.07, 6.45) is 5.73. The molecule has 5 nitrogen and oxygen atoms in total. The first kappa shape index (κ1) is 15.4. The molecular weight excluding hydrogens is 315 g/mol. The van der Waals surface area contributed by atoms with Crippen molar-refractivity contribution >= 4 is 29.6 Å². The fourth-order valence-electron chi connectivity index (χ4n) is 2.45. The second kappa shape index (κ2) is 6.29. The molecule has 0 saturated carbocycles. The molecule has 23 heavy (non-hydrogen) atoms. The first-order valence-electron chi connectivity index (χ1n) is 6.93. The highest BCUT2D eigenvalue weighted by molar-refractivity contribution is 7.96. The minimum absolute atomic E-state index is 0.301. The van der Waals surface area contributed by atoms with Gasteiger partial charge in [0.2, 0.25) is 0 Å². The summed E-state index contributed by atoms with van der Waals surface area (Å²) in [5, 5.41) is 11.2. The van der Waals surface area contributed by atoms with Crippen molar-refractivity contribution < 1.29 is 9.13 Å². The molecule has 0 bridgehead atoms. The topological polar surface area (TPSA) is 60.7 Å². The number of aliphatic imine (C=N–C) groups is 1. The van der Waals surface area contributed by atoms with Crippen LogP contribution < -0.4 is 5.32 Å². The molecule has 3 rings (SSSR count). The van der Waals surface area contributed by atoms with Gasteiger partial charge in [0.25, 0.3) is 6.35 Å². The van der Waals surface area contributed by atoms with Crippen LogP contribution in [0.4, 0.5) is 4.39 Å². The highest BCUT2D eigenvalue weighted by atomic mass is 32.1. The number of rotatable bonds is 4. The standard InChI is InChI=1S/C16H15FN4OS/c1-10(23)19-13(6-7-18)15-14(11-2-4-12(17)5-3-11)20-16-21(15)8-9-22-16/h2-9,16,18,20H,1H3,(H,19,23)/b13-6-,18-7?. The van der Waals surface area contributed by atoms with Gasteiger partial charge in [-0.2, -0.15) is 0 Å². The summed E-state index contributed by atoms with van der Waals surface area (Å²) in [5.41, 5.74) is 2.87. The quantitative estimate of drug-likeness (QED) is 0.452. The van der Waals surface area contributed by atoms with Gasteiger partial charge in [-0.05, 0) is 37.3 Å². The fraction of sp³-hybridized carbons (Fsp3) is 0.125. The van der Waals surface area contributed by atoms with Crippen molar-refractivity contribution in [2.24, 2.45) is 4.99 Å². The summed E-state index contributed by atoms with van der Waals surface area (Å²) in [7, 11) is 0. The number of allylic oxidation sites excluding steroid dienone is 1. The third-order valence-electron chi connectivity index (χ3n) is 3.34. The Balaban J connectivity index is 2.15. The maximum atomic E-state index is 13.2. The summed E-state index contributed by atoms with van der Waals surface area (Å²) in [5.74, 6) is -0.301. The van der Waals surface area contributed by atoms with Crippen molar-refractivity contribution in [1.29, 1.82) is 5.41 Å². The molecule has 0 fully saturated rings. The smallest absolute Gasteiger partial charge is 0.254 e. The molecule has 2 heterocycles. The lowest BCUT2D eigenvalue weighted by molar-refractivity contribution is 0.0765. The molecule has 0 amide bonds. The zero-order valence-corrected chi connectivity index (χ0v) is 13.2. The first-order valence-corrected chi connectivity index (χ1v) is 7.37. The van der Waals surface area contributed by atoms with Crippen molar-refractivity contribution in [2.75, 3.05) is 0 Å². The molecular formula is C16H15FN4OS. The Morgan fingerprint density at radius 2 is 2.17 bits per heavy atom. The van der Waals surface area contributed by atoms with Gasteiger partial charge in [-0.15, -0.1) is 12.6 Å². The highest BCUT2D eigenvalue weighted by Gasteiger charge is 2.36. The normalized spacial score (nSPS) is 20.5. The molecule has 118 valence electrons. The van der Waals surface area contributed by atoms with Gasteiger partial charge in [-0.1, -0.05) is 0 Å². The molecule has 2 aliphatic rings. The number of nitrogens with zero attached hydrogens (tertiary/aromatic N) is 2. The van der Waals surface area contributed by atoms with E-state index >= 15 is 0 Å². The predicted molar refractivity (Wildman–Crippen MR) is 91.3 cm³/mol. The van der Waals surface area contributed by atoms with Gasteiger partial charge in [0.05, 0.1) is 22.1 Å². The number of hydrogen-bond acceptors (Lipinski definition) is 5. The van der Waals surface area contributed by atoms with E-state index in [9.17, 15) is 4.39 Å². The lowest BCUT2D eigenvalue weighted by Crippen LogP contribution is -2.31. The number of halogens is 1. The van der Waals surface area contributed by atoms with Crippen LogP contribution in [0.25, 0.3) is 5.70 Å². The molecule has 1 atom stereocenters. The Hall–Kier alpha value is -2.54. The van der Waals surface area contributed by atoms with Gasteiger partial charge in [-0.3, -0.25) is 4.90 Å². The van der Waals surface area contributed by atoms with Crippen LogP contribution in [-0.2, 0) is 4.74 Å². The van der Waals surface area contributed by atoms with E-state index in [4.69, 9.17) is 10.1 Å². The maximum absolute atomic E-state index is 13.2. The number of ether oxygens (including phenoxy) is 1. The van der Waals surface area contributed by atoms with Crippen LogP contribution in [-0.4, -0.2) is 22.5 Å². The molecule has 0 saturated heterocycles. The second-order valence-electron chi connectivity index (χ2n) is 4.93. The van der Waals surface area contributed by atoms with Crippen LogP contribution in [0.5, 0.6) is 0 Å². The fourth-order valence-corrected chi connectivity index (χ4v) is 2.56. The van der Waals surface area contributed by atoms with Gasteiger partial charge in [0.1, 0.15) is 12.1 Å². The minimum atomic E-state index is -0.380. The minimum Gasteiger partial charge on any atom is -0.458 e. The average Bonchev–Trinajstić information content (AvgIpc) is 3.07. The van der Waals surface area contributed by atoms with Crippen LogP contribution in [0.2, 0.25) is 0 Å². The summed E-state index contributed by atoms with van der Waals surface area (Å²) in [6, 6.07) is 6.16. The number of hydrogen-bond donors (Lipinski definition) is 3. The number of fused-ring (bicyclic) bond motifs is 1. The zero-order valence-electron chi connectivity index (χ0n) is 12.3. The van der Waals surface area contributed by atoms with Crippen LogP contribution >= 0.6 is 12.6 Å². The molecule has 0 spiro atoms. The van der Waals surface area contributed by atoms with Crippen molar-refractivity contribution in [3.8, 4) is 0 Å². The summed E-state index contributed by atoms with van der Waals surface area (Å²) >= 11 is 4.22. The van der Waals surface area contributed by atoms with Crippen LogP contribution in [0.1, 0.15) is 12.5 Å². The third kappa shape index (κ3) is 3.00. The average molecular weight is 330 g/mol. The Kier molecular flexibility index (Phi) is 4.20. The monoisotopic (exact) mass is 330 g/mol. The molecule has 2 N–H and O–H groups in total. The van der Waals surface area contributed by atoms with Gasteiger partial charge in [0, 0.05) is 18.0 Å². The molecule has 1 unspecified atom stereocenters. The first-order chi connectivity index (χ1) is 11.1. The Bertz CT molecular complexity index is 748. The molecule has 0 aliphatic carbocycles. The Morgan fingerprint density at radius 3 is 2.83 bits per heavy atom.